The third-order valence-corrected chi connectivity index (χ3v) is 21.1. The maximum atomic E-state index is 6.84. The highest BCUT2D eigenvalue weighted by Gasteiger charge is 2.43. The van der Waals surface area contributed by atoms with Gasteiger partial charge in [-0.25, -0.2) is 0 Å². The number of benzene rings is 2. The van der Waals surface area contributed by atoms with E-state index in [1.54, 1.807) is 0 Å². The van der Waals surface area contributed by atoms with Crippen molar-refractivity contribution < 1.29 is 18.3 Å². The van der Waals surface area contributed by atoms with E-state index < -0.39 is 16.6 Å². The molecule has 0 unspecified atom stereocenters. The SMILES string of the molecule is CCC(CC)(CC)CCOc1ccc(/C=C/c2ccc(OCCC(CC)(CO[Si](C)(C)C(C)(C)C)CO[Si](C)(C)C(C)(C)C)cc2)cc1. The summed E-state index contributed by atoms with van der Waals surface area (Å²) in [5.74, 6) is 1.84. The third-order valence-electron chi connectivity index (χ3n) is 12.1. The Labute approximate surface area is 298 Å². The summed E-state index contributed by atoms with van der Waals surface area (Å²) in [7, 11) is -3.80. The van der Waals surface area contributed by atoms with Crippen LogP contribution in [0.15, 0.2) is 48.5 Å². The Balaban J connectivity index is 2.01. The Morgan fingerprint density at radius 2 is 0.812 bits per heavy atom. The van der Waals surface area contributed by atoms with Gasteiger partial charge < -0.3 is 18.3 Å². The standard InChI is InChI=1S/C42H72O4Si2/c1-15-41(16-2,17-3)29-31-43-37-25-21-35(22-26-37)19-20-36-23-27-38(28-24-36)44-32-30-42(18-4,33-45-47(11,12)39(5,6)7)34-46-48(13,14)40(8,9)10/h19-28H,15-18,29-34H2,1-14H3/b20-19+. The first-order valence-corrected chi connectivity index (χ1v) is 24.5. The van der Waals surface area contributed by atoms with E-state index in [1.807, 2.05) is 0 Å². The summed E-state index contributed by atoms with van der Waals surface area (Å²) in [6.07, 6.45) is 10.9. The first-order chi connectivity index (χ1) is 22.3. The molecule has 6 heteroatoms. The molecule has 0 aliphatic heterocycles. The molecule has 2 aromatic carbocycles. The van der Waals surface area contributed by atoms with Crippen molar-refractivity contribution in [2.24, 2.45) is 10.8 Å². The Morgan fingerprint density at radius 3 is 1.10 bits per heavy atom. The van der Waals surface area contributed by atoms with Crippen molar-refractivity contribution in [2.75, 3.05) is 26.4 Å². The lowest BCUT2D eigenvalue weighted by atomic mass is 9.77. The van der Waals surface area contributed by atoms with E-state index >= 15 is 0 Å². The lowest BCUT2D eigenvalue weighted by molar-refractivity contribution is 0.0416. The molecule has 0 radical (unpaired) electrons. The second-order valence-electron chi connectivity index (χ2n) is 17.2. The molecule has 0 N–H and O–H groups in total. The zero-order valence-corrected chi connectivity index (χ0v) is 35.5. The molecule has 0 fully saturated rings. The van der Waals surface area contributed by atoms with Gasteiger partial charge in [0.15, 0.2) is 16.6 Å². The molecule has 0 bridgehead atoms. The molecule has 0 amide bonds. The van der Waals surface area contributed by atoms with Crippen molar-refractivity contribution >= 4 is 28.8 Å². The lowest BCUT2D eigenvalue weighted by Gasteiger charge is -2.44. The van der Waals surface area contributed by atoms with Crippen LogP contribution in [0.1, 0.15) is 119 Å². The zero-order valence-electron chi connectivity index (χ0n) is 33.5. The Hall–Kier alpha value is -1.87. The van der Waals surface area contributed by atoms with Gasteiger partial charge in [0.25, 0.3) is 0 Å². The van der Waals surface area contributed by atoms with E-state index in [-0.39, 0.29) is 15.5 Å². The molecular weight excluding hydrogens is 625 g/mol. The Bertz CT molecular complexity index is 1190. The second kappa shape index (κ2) is 17.9. The Morgan fingerprint density at radius 1 is 0.500 bits per heavy atom. The molecule has 2 aromatic rings. The molecule has 0 saturated carbocycles. The first-order valence-electron chi connectivity index (χ1n) is 18.7. The Kier molecular flexibility index (Phi) is 15.8. The van der Waals surface area contributed by atoms with Crippen molar-refractivity contribution in [1.29, 1.82) is 0 Å². The summed E-state index contributed by atoms with van der Waals surface area (Å²) < 4.78 is 26.1. The number of ether oxygens (including phenoxy) is 2. The lowest BCUT2D eigenvalue weighted by Crippen LogP contribution is -2.48. The van der Waals surface area contributed by atoms with E-state index in [0.717, 1.165) is 48.5 Å². The smallest absolute Gasteiger partial charge is 0.192 e. The summed E-state index contributed by atoms with van der Waals surface area (Å²) >= 11 is 0. The summed E-state index contributed by atoms with van der Waals surface area (Å²) in [5.41, 5.74) is 2.62. The van der Waals surface area contributed by atoms with Gasteiger partial charge in [0.05, 0.1) is 13.2 Å². The van der Waals surface area contributed by atoms with Crippen LogP contribution in [0.4, 0.5) is 0 Å². The normalized spacial score (nSPS) is 13.7. The molecule has 0 aliphatic carbocycles. The molecule has 0 saturated heterocycles. The topological polar surface area (TPSA) is 36.9 Å². The average Bonchev–Trinajstić information content (AvgIpc) is 3.03. The van der Waals surface area contributed by atoms with Crippen LogP contribution in [0.3, 0.4) is 0 Å². The molecule has 2 rings (SSSR count). The van der Waals surface area contributed by atoms with E-state index in [1.165, 1.54) is 19.3 Å². The fourth-order valence-corrected chi connectivity index (χ4v) is 7.46. The van der Waals surface area contributed by atoms with Crippen LogP contribution < -0.4 is 9.47 Å². The average molecular weight is 697 g/mol. The van der Waals surface area contributed by atoms with Gasteiger partial charge in [0.2, 0.25) is 0 Å². The van der Waals surface area contributed by atoms with E-state index in [0.29, 0.717) is 25.2 Å². The number of hydrogen-bond donors (Lipinski definition) is 0. The summed E-state index contributed by atoms with van der Waals surface area (Å²) in [6.45, 7) is 35.2. The third kappa shape index (κ3) is 12.5. The largest absolute Gasteiger partial charge is 0.494 e. The van der Waals surface area contributed by atoms with Gasteiger partial charge in [-0.2, -0.15) is 0 Å². The van der Waals surface area contributed by atoms with E-state index in [2.05, 4.69) is 156 Å². The minimum Gasteiger partial charge on any atom is -0.494 e. The number of rotatable bonds is 20. The van der Waals surface area contributed by atoms with Gasteiger partial charge in [-0.05, 0) is 96.3 Å². The van der Waals surface area contributed by atoms with Gasteiger partial charge in [0, 0.05) is 18.6 Å². The molecular formula is C42H72O4Si2. The number of hydrogen-bond acceptors (Lipinski definition) is 4. The highest BCUT2D eigenvalue weighted by atomic mass is 28.4. The molecule has 0 heterocycles. The van der Waals surface area contributed by atoms with E-state index in [9.17, 15) is 0 Å². The van der Waals surface area contributed by atoms with Crippen LogP contribution in [0.5, 0.6) is 11.5 Å². The van der Waals surface area contributed by atoms with Crippen LogP contribution in [-0.4, -0.2) is 43.1 Å². The van der Waals surface area contributed by atoms with Crippen molar-refractivity contribution in [3.8, 4) is 11.5 Å². The fraction of sp³-hybridized carbons (Fsp3) is 0.667. The van der Waals surface area contributed by atoms with Crippen LogP contribution in [0, 0.1) is 10.8 Å². The summed E-state index contributed by atoms with van der Waals surface area (Å²) in [4.78, 5) is 0. The van der Waals surface area contributed by atoms with Gasteiger partial charge >= 0.3 is 0 Å². The highest BCUT2D eigenvalue weighted by molar-refractivity contribution is 6.74. The summed E-state index contributed by atoms with van der Waals surface area (Å²) in [6, 6.07) is 16.8. The predicted octanol–water partition coefficient (Wildman–Crippen LogP) is 13.1. The maximum absolute atomic E-state index is 6.84. The predicted molar refractivity (Wildman–Crippen MR) is 214 cm³/mol. The zero-order chi connectivity index (χ0) is 36.3. The molecule has 272 valence electrons. The van der Waals surface area contributed by atoms with Gasteiger partial charge in [-0.3, -0.25) is 0 Å². The van der Waals surface area contributed by atoms with Crippen molar-refractivity contribution in [3.63, 3.8) is 0 Å². The van der Waals surface area contributed by atoms with Crippen LogP contribution in [0.2, 0.25) is 36.3 Å². The van der Waals surface area contributed by atoms with Gasteiger partial charge in [-0.15, -0.1) is 0 Å². The molecule has 48 heavy (non-hydrogen) atoms. The van der Waals surface area contributed by atoms with Crippen LogP contribution in [0.25, 0.3) is 12.2 Å². The fourth-order valence-electron chi connectivity index (χ4n) is 5.26. The summed E-state index contributed by atoms with van der Waals surface area (Å²) in [5, 5.41) is 0.338. The van der Waals surface area contributed by atoms with Crippen molar-refractivity contribution in [3.05, 3.63) is 59.7 Å². The monoisotopic (exact) mass is 696 g/mol. The minimum atomic E-state index is -1.90. The molecule has 4 nitrogen and oxygen atoms in total. The maximum Gasteiger partial charge on any atom is 0.192 e. The second-order valence-corrected chi connectivity index (χ2v) is 26.8. The first kappa shape index (κ1) is 42.3. The minimum absolute atomic E-state index is 0.0839. The van der Waals surface area contributed by atoms with Crippen LogP contribution in [-0.2, 0) is 8.85 Å². The van der Waals surface area contributed by atoms with Gasteiger partial charge in [0.1, 0.15) is 11.5 Å². The molecule has 0 aliphatic rings. The molecule has 0 atom stereocenters. The highest BCUT2D eigenvalue weighted by Crippen LogP contribution is 2.42. The van der Waals surface area contributed by atoms with Crippen molar-refractivity contribution in [1.82, 2.24) is 0 Å². The molecule has 0 aromatic heterocycles. The van der Waals surface area contributed by atoms with Gasteiger partial charge in [-0.1, -0.05) is 125 Å². The van der Waals surface area contributed by atoms with Crippen molar-refractivity contribution in [2.45, 2.75) is 144 Å². The molecule has 0 spiro atoms. The van der Waals surface area contributed by atoms with E-state index in [4.69, 9.17) is 18.3 Å². The van der Waals surface area contributed by atoms with Crippen LogP contribution >= 0.6 is 0 Å². The quantitative estimate of drug-likeness (QED) is 0.102.